The molecule has 0 saturated carbocycles. The quantitative estimate of drug-likeness (QED) is 0.840. The van der Waals surface area contributed by atoms with E-state index in [4.69, 9.17) is 0 Å². The van der Waals surface area contributed by atoms with Gasteiger partial charge in [0, 0.05) is 4.88 Å². The summed E-state index contributed by atoms with van der Waals surface area (Å²) in [6.07, 6.45) is 4.40. The number of rotatable bonds is 3. The summed E-state index contributed by atoms with van der Waals surface area (Å²) in [7, 11) is 0. The number of aryl methyl sites for hydroxylation is 1. The van der Waals surface area contributed by atoms with Crippen LogP contribution >= 0.6 is 11.3 Å². The van der Waals surface area contributed by atoms with E-state index in [1.54, 1.807) is 6.08 Å². The van der Waals surface area contributed by atoms with Crippen LogP contribution < -0.4 is 5.32 Å². The van der Waals surface area contributed by atoms with Crippen molar-refractivity contribution in [2.45, 2.75) is 26.7 Å². The fourth-order valence-corrected chi connectivity index (χ4v) is 3.44. The van der Waals surface area contributed by atoms with Crippen molar-refractivity contribution in [2.75, 3.05) is 5.32 Å². The van der Waals surface area contributed by atoms with E-state index in [9.17, 15) is 20.0 Å². The predicted molar refractivity (Wildman–Crippen MR) is 80.1 cm³/mol. The van der Waals surface area contributed by atoms with Crippen LogP contribution in [0.1, 0.15) is 28.8 Å². The molecule has 0 spiro atoms. The van der Waals surface area contributed by atoms with E-state index in [2.05, 4.69) is 11.4 Å². The van der Waals surface area contributed by atoms with Crippen LogP contribution in [0.15, 0.2) is 12.2 Å². The molecule has 5 nitrogen and oxygen atoms in total. The number of hydrogen-bond acceptors (Lipinski definition) is 4. The SMILES string of the molecule is Cc1sc(NC(=O)[C@@H]2CC=CC[C@@H]2C(=O)O)c(C#N)c1C. The Hall–Kier alpha value is -2.13. The van der Waals surface area contributed by atoms with Gasteiger partial charge >= 0.3 is 5.97 Å². The highest BCUT2D eigenvalue weighted by Gasteiger charge is 2.34. The Balaban J connectivity index is 2.22. The van der Waals surface area contributed by atoms with E-state index >= 15 is 0 Å². The third-order valence-electron chi connectivity index (χ3n) is 3.82. The molecule has 0 aliphatic heterocycles. The Kier molecular flexibility index (Phi) is 4.43. The molecular weight excluding hydrogens is 288 g/mol. The number of aliphatic carboxylic acids is 1. The summed E-state index contributed by atoms with van der Waals surface area (Å²) in [4.78, 5) is 24.6. The maximum atomic E-state index is 12.4. The molecule has 21 heavy (non-hydrogen) atoms. The van der Waals surface area contributed by atoms with Crippen LogP contribution in [0.4, 0.5) is 5.00 Å². The van der Waals surface area contributed by atoms with E-state index in [-0.39, 0.29) is 5.91 Å². The molecular formula is C15H16N2O3S. The summed E-state index contributed by atoms with van der Waals surface area (Å²) in [5.41, 5.74) is 1.32. The number of anilines is 1. The van der Waals surface area contributed by atoms with Crippen molar-refractivity contribution >= 4 is 28.2 Å². The molecule has 0 fully saturated rings. The Labute approximate surface area is 126 Å². The van der Waals surface area contributed by atoms with Crippen LogP contribution in [0.3, 0.4) is 0 Å². The van der Waals surface area contributed by atoms with Gasteiger partial charge in [-0.05, 0) is 32.3 Å². The highest BCUT2D eigenvalue weighted by molar-refractivity contribution is 7.16. The van der Waals surface area contributed by atoms with Crippen molar-refractivity contribution < 1.29 is 14.7 Å². The van der Waals surface area contributed by atoms with Crippen molar-refractivity contribution in [1.82, 2.24) is 0 Å². The number of carbonyl (C=O) groups excluding carboxylic acids is 1. The number of nitriles is 1. The van der Waals surface area contributed by atoms with Crippen LogP contribution in [0.5, 0.6) is 0 Å². The lowest BCUT2D eigenvalue weighted by Gasteiger charge is -2.23. The molecule has 0 saturated heterocycles. The number of nitrogens with one attached hydrogen (secondary N) is 1. The molecule has 6 heteroatoms. The molecule has 0 unspecified atom stereocenters. The van der Waals surface area contributed by atoms with Crippen molar-refractivity contribution in [2.24, 2.45) is 11.8 Å². The minimum Gasteiger partial charge on any atom is -0.481 e. The fraction of sp³-hybridized carbons (Fsp3) is 0.400. The minimum absolute atomic E-state index is 0.329. The first kappa shape index (κ1) is 15.3. The smallest absolute Gasteiger partial charge is 0.307 e. The molecule has 1 amide bonds. The third kappa shape index (κ3) is 2.98. The minimum atomic E-state index is -0.960. The molecule has 1 aliphatic rings. The van der Waals surface area contributed by atoms with Gasteiger partial charge in [-0.3, -0.25) is 9.59 Å². The van der Waals surface area contributed by atoms with E-state index in [1.807, 2.05) is 19.9 Å². The number of allylic oxidation sites excluding steroid dienone is 2. The maximum absolute atomic E-state index is 12.4. The van der Waals surface area contributed by atoms with Gasteiger partial charge in [0.1, 0.15) is 11.1 Å². The van der Waals surface area contributed by atoms with Gasteiger partial charge in [-0.2, -0.15) is 5.26 Å². The summed E-state index contributed by atoms with van der Waals surface area (Å²) in [6.45, 7) is 3.73. The lowest BCUT2D eigenvalue weighted by atomic mass is 9.82. The lowest BCUT2D eigenvalue weighted by Crippen LogP contribution is -2.34. The summed E-state index contributed by atoms with van der Waals surface area (Å²) in [6, 6.07) is 2.09. The number of hydrogen-bond donors (Lipinski definition) is 2. The van der Waals surface area contributed by atoms with E-state index in [0.29, 0.717) is 23.4 Å². The van der Waals surface area contributed by atoms with Gasteiger partial charge in [0.05, 0.1) is 17.4 Å². The highest BCUT2D eigenvalue weighted by atomic mass is 32.1. The molecule has 0 bridgehead atoms. The molecule has 2 rings (SSSR count). The standard InChI is InChI=1S/C15H16N2O3S/c1-8-9(2)21-14(12(8)7-16)17-13(18)10-5-3-4-6-11(10)15(19)20/h3-4,10-11H,5-6H2,1-2H3,(H,17,18)(H,19,20)/t10-,11+/m1/s1. The zero-order valence-electron chi connectivity index (χ0n) is 11.8. The second-order valence-electron chi connectivity index (χ2n) is 5.08. The first-order valence-electron chi connectivity index (χ1n) is 6.64. The number of nitrogens with zero attached hydrogens (tertiary/aromatic N) is 1. The van der Waals surface area contributed by atoms with E-state index in [1.165, 1.54) is 11.3 Å². The molecule has 0 aromatic carbocycles. The Morgan fingerprint density at radius 2 is 1.95 bits per heavy atom. The van der Waals surface area contributed by atoms with Crippen LogP contribution in [-0.4, -0.2) is 17.0 Å². The number of amides is 1. The first-order valence-corrected chi connectivity index (χ1v) is 7.46. The topological polar surface area (TPSA) is 90.2 Å². The normalized spacial score (nSPS) is 20.8. The summed E-state index contributed by atoms with van der Waals surface area (Å²) < 4.78 is 0. The van der Waals surface area contributed by atoms with Gasteiger partial charge in [0.15, 0.2) is 0 Å². The van der Waals surface area contributed by atoms with Crippen molar-refractivity contribution in [3.63, 3.8) is 0 Å². The molecule has 1 aromatic heterocycles. The van der Waals surface area contributed by atoms with E-state index in [0.717, 1.165) is 10.4 Å². The predicted octanol–water partition coefficient (Wildman–Crippen LogP) is 2.84. The maximum Gasteiger partial charge on any atom is 0.307 e. The lowest BCUT2D eigenvalue weighted by molar-refractivity contribution is -0.146. The number of carbonyl (C=O) groups is 2. The Morgan fingerprint density at radius 1 is 1.33 bits per heavy atom. The Bertz CT molecular complexity index is 655. The van der Waals surface area contributed by atoms with E-state index < -0.39 is 17.8 Å². The molecule has 1 heterocycles. The zero-order valence-corrected chi connectivity index (χ0v) is 12.7. The van der Waals surface area contributed by atoms with Gasteiger partial charge in [-0.15, -0.1) is 11.3 Å². The Morgan fingerprint density at radius 3 is 2.52 bits per heavy atom. The third-order valence-corrected chi connectivity index (χ3v) is 4.94. The summed E-state index contributed by atoms with van der Waals surface area (Å²) in [5.74, 6) is -2.59. The number of thiophene rings is 1. The molecule has 2 N–H and O–H groups in total. The number of carboxylic acids is 1. The van der Waals surface area contributed by atoms with Gasteiger partial charge in [0.25, 0.3) is 0 Å². The van der Waals surface area contributed by atoms with Gasteiger partial charge in [0.2, 0.25) is 5.91 Å². The van der Waals surface area contributed by atoms with Crippen molar-refractivity contribution in [3.05, 3.63) is 28.2 Å². The molecule has 1 aromatic rings. The molecule has 1 aliphatic carbocycles. The second-order valence-corrected chi connectivity index (χ2v) is 6.31. The summed E-state index contributed by atoms with van der Waals surface area (Å²) in [5, 5.41) is 21.6. The molecule has 0 radical (unpaired) electrons. The van der Waals surface area contributed by atoms with Crippen LogP contribution in [-0.2, 0) is 9.59 Å². The summed E-state index contributed by atoms with van der Waals surface area (Å²) >= 11 is 1.35. The zero-order chi connectivity index (χ0) is 15.6. The van der Waals surface area contributed by atoms with Crippen LogP contribution in [0.25, 0.3) is 0 Å². The second kappa shape index (κ2) is 6.10. The average Bonchev–Trinajstić information content (AvgIpc) is 2.73. The van der Waals surface area contributed by atoms with Crippen LogP contribution in [0.2, 0.25) is 0 Å². The molecule has 110 valence electrons. The molecule has 2 atom stereocenters. The number of carboxylic acid groups (broad SMARTS) is 1. The first-order chi connectivity index (χ1) is 9.95. The monoisotopic (exact) mass is 304 g/mol. The van der Waals surface area contributed by atoms with Gasteiger partial charge in [-0.25, -0.2) is 0 Å². The van der Waals surface area contributed by atoms with Gasteiger partial charge in [-0.1, -0.05) is 12.2 Å². The van der Waals surface area contributed by atoms with Crippen LogP contribution in [0, 0.1) is 37.0 Å². The average molecular weight is 304 g/mol. The van der Waals surface area contributed by atoms with Crippen molar-refractivity contribution in [3.8, 4) is 6.07 Å². The fourth-order valence-electron chi connectivity index (χ4n) is 2.43. The van der Waals surface area contributed by atoms with Gasteiger partial charge < -0.3 is 10.4 Å². The van der Waals surface area contributed by atoms with Crippen molar-refractivity contribution in [1.29, 1.82) is 5.26 Å². The highest BCUT2D eigenvalue weighted by Crippen LogP contribution is 2.33. The largest absolute Gasteiger partial charge is 0.481 e.